The van der Waals surface area contributed by atoms with Gasteiger partial charge in [-0.3, -0.25) is 4.79 Å². The second-order valence-corrected chi connectivity index (χ2v) is 5.74. The van der Waals surface area contributed by atoms with Gasteiger partial charge < -0.3 is 10.0 Å². The molecule has 3 nitrogen and oxygen atoms in total. The molecule has 0 aromatic heterocycles. The lowest BCUT2D eigenvalue weighted by molar-refractivity contribution is 0.0571. The number of benzene rings is 1. The Morgan fingerprint density at radius 3 is 2.82 bits per heavy atom. The SMILES string of the molecule is Cc1c(Br)cccc1C(=O)N1CCC(C)(O)C1. The lowest BCUT2D eigenvalue weighted by atomic mass is 10.1. The third kappa shape index (κ3) is 2.53. The van der Waals surface area contributed by atoms with E-state index >= 15 is 0 Å². The average molecular weight is 298 g/mol. The van der Waals surface area contributed by atoms with Crippen LogP contribution in [0.25, 0.3) is 0 Å². The van der Waals surface area contributed by atoms with Gasteiger partial charge in [0.15, 0.2) is 0 Å². The number of halogens is 1. The van der Waals surface area contributed by atoms with E-state index in [4.69, 9.17) is 0 Å². The number of carbonyl (C=O) groups excluding carboxylic acids is 1. The molecule has 1 aliphatic rings. The molecule has 92 valence electrons. The van der Waals surface area contributed by atoms with Crippen LogP contribution >= 0.6 is 15.9 Å². The van der Waals surface area contributed by atoms with Crippen molar-refractivity contribution in [2.45, 2.75) is 25.9 Å². The van der Waals surface area contributed by atoms with Crippen LogP contribution in [0.5, 0.6) is 0 Å². The predicted molar refractivity (Wildman–Crippen MR) is 70.0 cm³/mol. The summed E-state index contributed by atoms with van der Waals surface area (Å²) in [6.07, 6.45) is 0.645. The first-order valence-electron chi connectivity index (χ1n) is 5.67. The van der Waals surface area contributed by atoms with E-state index < -0.39 is 5.60 Å². The smallest absolute Gasteiger partial charge is 0.254 e. The number of carbonyl (C=O) groups is 1. The molecule has 0 saturated carbocycles. The normalized spacial score (nSPS) is 24.1. The molecule has 4 heteroatoms. The van der Waals surface area contributed by atoms with E-state index in [9.17, 15) is 9.90 Å². The van der Waals surface area contributed by atoms with Crippen molar-refractivity contribution in [2.24, 2.45) is 0 Å². The summed E-state index contributed by atoms with van der Waals surface area (Å²) in [5.74, 6) is 0.00146. The molecule has 0 aliphatic carbocycles. The number of hydrogen-bond acceptors (Lipinski definition) is 2. The van der Waals surface area contributed by atoms with Gasteiger partial charge in [0.25, 0.3) is 5.91 Å². The topological polar surface area (TPSA) is 40.5 Å². The Labute approximate surface area is 110 Å². The van der Waals surface area contributed by atoms with E-state index in [2.05, 4.69) is 15.9 Å². The van der Waals surface area contributed by atoms with Crippen LogP contribution in [0.2, 0.25) is 0 Å². The van der Waals surface area contributed by atoms with Crippen molar-refractivity contribution in [2.75, 3.05) is 13.1 Å². The predicted octanol–water partition coefficient (Wildman–Crippen LogP) is 2.35. The van der Waals surface area contributed by atoms with E-state index in [-0.39, 0.29) is 5.91 Å². The van der Waals surface area contributed by atoms with Crippen molar-refractivity contribution >= 4 is 21.8 Å². The summed E-state index contributed by atoms with van der Waals surface area (Å²) in [7, 11) is 0. The van der Waals surface area contributed by atoms with E-state index in [1.54, 1.807) is 11.8 Å². The largest absolute Gasteiger partial charge is 0.388 e. The standard InChI is InChI=1S/C13H16BrNO2/c1-9-10(4-3-5-11(9)14)12(16)15-7-6-13(2,17)8-15/h3-5,17H,6-8H2,1-2H3. The van der Waals surface area contributed by atoms with Gasteiger partial charge in [0.2, 0.25) is 0 Å². The lowest BCUT2D eigenvalue weighted by Crippen LogP contribution is -2.34. The summed E-state index contributed by atoms with van der Waals surface area (Å²) in [6, 6.07) is 5.61. The molecule has 1 aliphatic heterocycles. The lowest BCUT2D eigenvalue weighted by Gasteiger charge is -2.20. The molecule has 17 heavy (non-hydrogen) atoms. The molecule has 2 rings (SSSR count). The van der Waals surface area contributed by atoms with Crippen molar-refractivity contribution in [3.63, 3.8) is 0 Å². The maximum atomic E-state index is 12.3. The van der Waals surface area contributed by atoms with E-state index in [1.807, 2.05) is 25.1 Å². The Balaban J connectivity index is 2.24. The number of rotatable bonds is 1. The average Bonchev–Trinajstić information content (AvgIpc) is 2.62. The number of β-amino-alcohol motifs (C(OH)–C–C–N with tert-alkyl or cyclic N) is 1. The highest BCUT2D eigenvalue weighted by molar-refractivity contribution is 9.10. The fraction of sp³-hybridized carbons (Fsp3) is 0.462. The molecule has 1 aromatic carbocycles. The molecule has 0 spiro atoms. The number of nitrogens with zero attached hydrogens (tertiary/aromatic N) is 1. The van der Waals surface area contributed by atoms with Crippen molar-refractivity contribution in [1.29, 1.82) is 0 Å². The molecule has 1 fully saturated rings. The number of amides is 1. The summed E-state index contributed by atoms with van der Waals surface area (Å²) in [6.45, 7) is 4.73. The first kappa shape index (κ1) is 12.6. The van der Waals surface area contributed by atoms with Crippen LogP contribution in [-0.4, -0.2) is 34.6 Å². The number of hydrogen-bond donors (Lipinski definition) is 1. The fourth-order valence-electron chi connectivity index (χ4n) is 2.13. The van der Waals surface area contributed by atoms with E-state index in [0.717, 1.165) is 10.0 Å². The highest BCUT2D eigenvalue weighted by Gasteiger charge is 2.34. The van der Waals surface area contributed by atoms with Gasteiger partial charge in [-0.25, -0.2) is 0 Å². The molecule has 0 radical (unpaired) electrons. The van der Waals surface area contributed by atoms with Crippen molar-refractivity contribution in [3.05, 3.63) is 33.8 Å². The zero-order chi connectivity index (χ0) is 12.6. The van der Waals surface area contributed by atoms with Crippen molar-refractivity contribution in [3.8, 4) is 0 Å². The quantitative estimate of drug-likeness (QED) is 0.864. The van der Waals surface area contributed by atoms with Gasteiger partial charge in [0, 0.05) is 23.1 Å². The van der Waals surface area contributed by atoms with E-state index in [1.165, 1.54) is 0 Å². The molecular weight excluding hydrogens is 282 g/mol. The van der Waals surface area contributed by atoms with Crippen LogP contribution < -0.4 is 0 Å². The highest BCUT2D eigenvalue weighted by Crippen LogP contribution is 2.25. The third-order valence-electron chi connectivity index (χ3n) is 3.24. The zero-order valence-electron chi connectivity index (χ0n) is 10.0. The summed E-state index contributed by atoms with van der Waals surface area (Å²) >= 11 is 3.43. The fourth-order valence-corrected chi connectivity index (χ4v) is 2.49. The summed E-state index contributed by atoms with van der Waals surface area (Å²) in [5, 5.41) is 9.88. The Morgan fingerprint density at radius 1 is 1.53 bits per heavy atom. The van der Waals surface area contributed by atoms with Crippen LogP contribution in [0.3, 0.4) is 0 Å². The van der Waals surface area contributed by atoms with Crippen LogP contribution in [0.4, 0.5) is 0 Å². The zero-order valence-corrected chi connectivity index (χ0v) is 11.6. The maximum absolute atomic E-state index is 12.3. The van der Waals surface area contributed by atoms with Crippen molar-refractivity contribution in [1.82, 2.24) is 4.90 Å². The van der Waals surface area contributed by atoms with Gasteiger partial charge in [-0.15, -0.1) is 0 Å². The Bertz CT molecular complexity index is 457. The molecule has 1 aromatic rings. The van der Waals surface area contributed by atoms with Gasteiger partial charge in [-0.2, -0.15) is 0 Å². The van der Waals surface area contributed by atoms with Crippen LogP contribution in [-0.2, 0) is 0 Å². The maximum Gasteiger partial charge on any atom is 0.254 e. The Kier molecular flexibility index (Phi) is 3.27. The van der Waals surface area contributed by atoms with Gasteiger partial charge in [0.05, 0.1) is 5.60 Å². The first-order chi connectivity index (χ1) is 7.91. The molecular formula is C13H16BrNO2. The molecule has 1 unspecified atom stereocenters. The van der Waals surface area contributed by atoms with Gasteiger partial charge >= 0.3 is 0 Å². The minimum atomic E-state index is -0.740. The first-order valence-corrected chi connectivity index (χ1v) is 6.47. The monoisotopic (exact) mass is 297 g/mol. The van der Waals surface area contributed by atoms with E-state index in [0.29, 0.717) is 25.1 Å². The Hall–Kier alpha value is -0.870. The Morgan fingerprint density at radius 2 is 2.24 bits per heavy atom. The summed E-state index contributed by atoms with van der Waals surface area (Å²) in [5.41, 5.74) is 0.913. The molecule has 1 heterocycles. The van der Waals surface area contributed by atoms with Gasteiger partial charge in [0.1, 0.15) is 0 Å². The molecule has 1 saturated heterocycles. The van der Waals surface area contributed by atoms with Gasteiger partial charge in [-0.05, 0) is 38.0 Å². The van der Waals surface area contributed by atoms with Crippen LogP contribution in [0.15, 0.2) is 22.7 Å². The summed E-state index contributed by atoms with van der Waals surface area (Å²) in [4.78, 5) is 14.0. The highest BCUT2D eigenvalue weighted by atomic mass is 79.9. The van der Waals surface area contributed by atoms with Gasteiger partial charge in [-0.1, -0.05) is 22.0 Å². The second-order valence-electron chi connectivity index (χ2n) is 4.89. The second kappa shape index (κ2) is 4.42. The molecule has 1 N–H and O–H groups in total. The summed E-state index contributed by atoms with van der Waals surface area (Å²) < 4.78 is 0.939. The minimum absolute atomic E-state index is 0.00146. The van der Waals surface area contributed by atoms with Crippen LogP contribution in [0.1, 0.15) is 29.3 Å². The molecule has 1 atom stereocenters. The third-order valence-corrected chi connectivity index (χ3v) is 4.10. The minimum Gasteiger partial charge on any atom is -0.388 e. The molecule has 1 amide bonds. The molecule has 0 bridgehead atoms. The van der Waals surface area contributed by atoms with Crippen LogP contribution in [0, 0.1) is 6.92 Å². The number of aliphatic hydroxyl groups is 1. The van der Waals surface area contributed by atoms with Crippen molar-refractivity contribution < 1.29 is 9.90 Å². The number of likely N-dealkylation sites (tertiary alicyclic amines) is 1.